The van der Waals surface area contributed by atoms with Crippen molar-refractivity contribution in [1.82, 2.24) is 14.5 Å². The zero-order valence-corrected chi connectivity index (χ0v) is 16.5. The van der Waals surface area contributed by atoms with Crippen molar-refractivity contribution in [3.63, 3.8) is 0 Å². The Kier molecular flexibility index (Phi) is 6.63. The summed E-state index contributed by atoms with van der Waals surface area (Å²) in [5.74, 6) is -0.467. The Morgan fingerprint density at radius 2 is 1.88 bits per heavy atom. The molecule has 1 N–H and O–H groups in total. The summed E-state index contributed by atoms with van der Waals surface area (Å²) in [7, 11) is -2.36. The highest BCUT2D eigenvalue weighted by molar-refractivity contribution is 8.00. The van der Waals surface area contributed by atoms with E-state index < -0.39 is 15.9 Å². The minimum absolute atomic E-state index is 0.149. The zero-order valence-electron chi connectivity index (χ0n) is 13.2. The van der Waals surface area contributed by atoms with Crippen LogP contribution in [0.4, 0.5) is 5.13 Å². The van der Waals surface area contributed by atoms with Crippen molar-refractivity contribution in [3.05, 3.63) is 24.3 Å². The van der Waals surface area contributed by atoms with Crippen LogP contribution in [0, 0.1) is 0 Å². The fourth-order valence-electron chi connectivity index (χ4n) is 1.72. The van der Waals surface area contributed by atoms with Gasteiger partial charge in [-0.1, -0.05) is 23.1 Å². The van der Waals surface area contributed by atoms with E-state index in [-0.39, 0.29) is 11.4 Å². The molecule has 0 aliphatic carbocycles. The van der Waals surface area contributed by atoms with Crippen LogP contribution in [0.25, 0.3) is 0 Å². The number of thioether (sulfide) groups is 2. The zero-order chi connectivity index (χ0) is 17.7. The van der Waals surface area contributed by atoms with Gasteiger partial charge >= 0.3 is 0 Å². The molecule has 0 fully saturated rings. The van der Waals surface area contributed by atoms with Gasteiger partial charge in [-0.05, 0) is 36.8 Å². The highest BCUT2D eigenvalue weighted by atomic mass is 32.2. The number of anilines is 1. The molecule has 0 aliphatic rings. The van der Waals surface area contributed by atoms with E-state index in [1.165, 1.54) is 54.0 Å². The van der Waals surface area contributed by atoms with Gasteiger partial charge in [0.2, 0.25) is 21.1 Å². The SMILES string of the molecule is CSc1ccc(S(=O)(=O)N(C)CC(=O)Nc2nnc(SC)s2)cc1. The first-order valence-corrected chi connectivity index (χ1v) is 11.3. The second-order valence-corrected chi connectivity index (χ2v) is 9.52. The fraction of sp³-hybridized carbons (Fsp3) is 0.308. The molecular weight excluding hydrogens is 388 g/mol. The summed E-state index contributed by atoms with van der Waals surface area (Å²) >= 11 is 4.18. The number of rotatable bonds is 7. The summed E-state index contributed by atoms with van der Waals surface area (Å²) in [5.41, 5.74) is 0. The molecule has 1 aromatic carbocycles. The Bertz CT molecular complexity index is 805. The van der Waals surface area contributed by atoms with Crippen LogP contribution >= 0.6 is 34.9 Å². The quantitative estimate of drug-likeness (QED) is 0.559. The number of nitrogens with one attached hydrogen (secondary N) is 1. The Morgan fingerprint density at radius 1 is 1.21 bits per heavy atom. The Hall–Kier alpha value is -1.14. The van der Waals surface area contributed by atoms with E-state index in [0.29, 0.717) is 5.13 Å². The van der Waals surface area contributed by atoms with Crippen LogP contribution in [-0.4, -0.2) is 54.9 Å². The number of likely N-dealkylation sites (N-methyl/N-ethyl adjacent to an activating group) is 1. The van der Waals surface area contributed by atoms with Gasteiger partial charge in [0, 0.05) is 11.9 Å². The molecule has 0 aliphatic heterocycles. The number of carbonyl (C=O) groups is 1. The van der Waals surface area contributed by atoms with Gasteiger partial charge in [-0.3, -0.25) is 10.1 Å². The molecule has 11 heteroatoms. The number of carbonyl (C=O) groups excluding carboxylic acids is 1. The third kappa shape index (κ3) is 4.70. The third-order valence-electron chi connectivity index (χ3n) is 2.96. The number of hydrogen-bond acceptors (Lipinski definition) is 8. The lowest BCUT2D eigenvalue weighted by atomic mass is 10.4. The molecule has 0 atom stereocenters. The molecule has 0 unspecified atom stereocenters. The normalized spacial score (nSPS) is 11.7. The number of hydrogen-bond donors (Lipinski definition) is 1. The highest BCUT2D eigenvalue weighted by Gasteiger charge is 2.23. The highest BCUT2D eigenvalue weighted by Crippen LogP contribution is 2.23. The third-order valence-corrected chi connectivity index (χ3v) is 7.34. The predicted molar refractivity (Wildman–Crippen MR) is 98.4 cm³/mol. The molecule has 1 heterocycles. The van der Waals surface area contributed by atoms with Gasteiger partial charge in [0.1, 0.15) is 0 Å². The molecule has 7 nitrogen and oxygen atoms in total. The van der Waals surface area contributed by atoms with Gasteiger partial charge < -0.3 is 0 Å². The first-order valence-electron chi connectivity index (χ1n) is 6.64. The second kappa shape index (κ2) is 8.30. The lowest BCUT2D eigenvalue weighted by molar-refractivity contribution is -0.116. The average molecular weight is 405 g/mol. The van der Waals surface area contributed by atoms with Crippen molar-refractivity contribution in [2.24, 2.45) is 0 Å². The van der Waals surface area contributed by atoms with E-state index in [9.17, 15) is 13.2 Å². The maximum absolute atomic E-state index is 12.5. The number of aromatic nitrogens is 2. The monoisotopic (exact) mass is 404 g/mol. The average Bonchev–Trinajstić information content (AvgIpc) is 3.02. The molecular formula is C13H16N4O3S4. The second-order valence-electron chi connectivity index (χ2n) is 4.56. The largest absolute Gasteiger partial charge is 0.299 e. The predicted octanol–water partition coefficient (Wildman–Crippen LogP) is 2.24. The smallest absolute Gasteiger partial charge is 0.243 e. The van der Waals surface area contributed by atoms with Gasteiger partial charge in [-0.25, -0.2) is 8.42 Å². The lowest BCUT2D eigenvalue weighted by Gasteiger charge is -2.16. The molecule has 2 rings (SSSR count). The van der Waals surface area contributed by atoms with E-state index in [2.05, 4.69) is 15.5 Å². The van der Waals surface area contributed by atoms with E-state index in [0.717, 1.165) is 13.5 Å². The van der Waals surface area contributed by atoms with E-state index in [1.807, 2.05) is 12.5 Å². The molecule has 0 saturated carbocycles. The molecule has 0 bridgehead atoms. The van der Waals surface area contributed by atoms with Crippen LogP contribution < -0.4 is 5.32 Å². The summed E-state index contributed by atoms with van der Waals surface area (Å²) in [6, 6.07) is 6.53. The number of benzene rings is 1. The van der Waals surface area contributed by atoms with Crippen molar-refractivity contribution < 1.29 is 13.2 Å². The summed E-state index contributed by atoms with van der Waals surface area (Å²) < 4.78 is 26.7. The fourth-order valence-corrected chi connectivity index (χ4v) is 4.44. The minimum Gasteiger partial charge on any atom is -0.299 e. The van der Waals surface area contributed by atoms with Crippen LogP contribution in [0.1, 0.15) is 0 Å². The van der Waals surface area contributed by atoms with Gasteiger partial charge in [0.25, 0.3) is 0 Å². The van der Waals surface area contributed by atoms with Crippen molar-refractivity contribution in [3.8, 4) is 0 Å². The summed E-state index contributed by atoms with van der Waals surface area (Å²) in [6.07, 6.45) is 3.77. The van der Waals surface area contributed by atoms with Crippen molar-refractivity contribution in [2.75, 3.05) is 31.4 Å². The first-order chi connectivity index (χ1) is 11.4. The van der Waals surface area contributed by atoms with E-state index >= 15 is 0 Å². The molecule has 1 amide bonds. The van der Waals surface area contributed by atoms with Crippen LogP contribution in [0.5, 0.6) is 0 Å². The molecule has 0 radical (unpaired) electrons. The van der Waals surface area contributed by atoms with Gasteiger partial charge in [-0.2, -0.15) is 4.31 Å². The van der Waals surface area contributed by atoms with E-state index in [1.54, 1.807) is 12.1 Å². The van der Waals surface area contributed by atoms with Crippen LogP contribution in [0.15, 0.2) is 38.4 Å². The molecule has 0 saturated heterocycles. The van der Waals surface area contributed by atoms with E-state index in [4.69, 9.17) is 0 Å². The summed E-state index contributed by atoms with van der Waals surface area (Å²) in [5, 5.41) is 10.6. The van der Waals surface area contributed by atoms with Crippen LogP contribution in [0.3, 0.4) is 0 Å². The van der Waals surface area contributed by atoms with Crippen molar-refractivity contribution in [2.45, 2.75) is 14.1 Å². The standard InChI is InChI=1S/C13H16N4O3S4/c1-17(8-11(18)14-12-15-16-13(22-3)23-12)24(19,20)10-6-4-9(21-2)5-7-10/h4-7H,8H2,1-3H3,(H,14,15,18). The summed E-state index contributed by atoms with van der Waals surface area (Å²) in [4.78, 5) is 13.1. The molecule has 24 heavy (non-hydrogen) atoms. The summed E-state index contributed by atoms with van der Waals surface area (Å²) in [6.45, 7) is -0.305. The van der Waals surface area contributed by atoms with Gasteiger partial charge in [0.15, 0.2) is 4.34 Å². The molecule has 130 valence electrons. The maximum atomic E-state index is 12.5. The number of nitrogens with zero attached hydrogens (tertiary/aromatic N) is 3. The minimum atomic E-state index is -3.72. The van der Waals surface area contributed by atoms with Crippen LogP contribution in [0.2, 0.25) is 0 Å². The Labute approximate surface area is 153 Å². The molecule has 2 aromatic rings. The Morgan fingerprint density at radius 3 is 2.42 bits per heavy atom. The first kappa shape index (κ1) is 19.2. The molecule has 0 spiro atoms. The maximum Gasteiger partial charge on any atom is 0.243 e. The van der Waals surface area contributed by atoms with Crippen LogP contribution in [-0.2, 0) is 14.8 Å². The van der Waals surface area contributed by atoms with Gasteiger partial charge in [0.05, 0.1) is 11.4 Å². The number of sulfonamides is 1. The lowest BCUT2D eigenvalue weighted by Crippen LogP contribution is -2.34. The number of amides is 1. The van der Waals surface area contributed by atoms with Crippen molar-refractivity contribution in [1.29, 1.82) is 0 Å². The molecule has 1 aromatic heterocycles. The van der Waals surface area contributed by atoms with Crippen molar-refractivity contribution >= 4 is 55.9 Å². The Balaban J connectivity index is 2.03. The van der Waals surface area contributed by atoms with Gasteiger partial charge in [-0.15, -0.1) is 22.0 Å². The topological polar surface area (TPSA) is 92.3 Å².